The number of ketones is 1. The van der Waals surface area contributed by atoms with E-state index in [4.69, 9.17) is 112 Å². The Morgan fingerprint density at radius 3 is 1.60 bits per heavy atom. The van der Waals surface area contributed by atoms with Gasteiger partial charge in [-0.15, -0.1) is 25.7 Å². The number of carbonyl (C=O) groups excluding carboxylic acids is 7. The maximum Gasteiger partial charge on any atom is 2.00 e. The standard InChI is InChI=1S/C18H34O6Si.C16H21NO5.C16H32O6Si.C12H12N2O4.C12H18O5.C9H16N2OSi.C5H10O2.C2H.BrH.Mg/c1-10-18(20,12-23-25(8,9)17(4,5)6)15(22-13-21-7)11-16(19)24-14(2)3;1-5-16(6-2)13(21-9-20-4)8-12(22-16)11-7-10(3)14(18)17-15(11)19;1-12(2)22-15(18)9-14(20-11-19-6)13(17)10-21-23(7,8)16(3,4)5;1-3-12(7-15)5-4-9(18-12)14-6-8(2)10(16)13-11(14)17;1-5-12(6-2)10(15-8-14-4)7-11(17-12)16-9(3)13;1-7-6-10-8(2)11-9(7)12-13(3,4)5;1-4(2)7-5(3)6;1-2;;/h1,14-15,20H,11-13H2,2-9H3;1,7,11-13H,6,8-9H2,2-4H3,(H,17,18,19);12,14H,9-11H2,1-8H3;1,4-6,9,15H,7H2,2H3,(H,13,16,17);1,10-11H,6-8H2,2-4H3;6H,1-5H3;4H,1-3H3;1H;1H;/q;;;;;;;-1;;+2/p-1/t15-,18+;11?,12?,13?,16-;;9-,12+;10?,11?,12-;;;;;/m11.11...../s1. The first-order chi connectivity index (χ1) is 58.8. The Morgan fingerprint density at radius 2 is 1.17 bits per heavy atom. The number of terminal acetylenes is 5. The van der Waals surface area contributed by atoms with Gasteiger partial charge in [-0.3, -0.25) is 53.2 Å². The van der Waals surface area contributed by atoms with Crippen LogP contribution in [0.25, 0.3) is 0 Å². The Morgan fingerprint density at radius 1 is 0.682 bits per heavy atom. The summed E-state index contributed by atoms with van der Waals surface area (Å²) >= 11 is 0. The van der Waals surface area contributed by atoms with E-state index in [9.17, 15) is 53.4 Å². The Labute approximate surface area is 794 Å². The molecule has 0 aliphatic carbocycles. The predicted molar refractivity (Wildman–Crippen MR) is 489 cm³/mol. The van der Waals surface area contributed by atoms with Crippen LogP contribution in [0.1, 0.15) is 179 Å². The number of aromatic nitrogens is 4. The third-order valence-corrected chi connectivity index (χ3v) is 29.5. The van der Waals surface area contributed by atoms with Crippen LogP contribution < -0.4 is 38.0 Å². The third-order valence-electron chi connectivity index (χ3n) is 19.7. The smallest absolute Gasteiger partial charge is 1.00 e. The average Bonchev–Trinajstić information content (AvgIpc) is 1.61. The molecule has 0 spiro atoms. The Hall–Kier alpha value is -7.17. The quantitative estimate of drug-likeness (QED) is 0.00802. The fourth-order valence-corrected chi connectivity index (χ4v) is 13.6. The number of carbonyl (C=O) groups is 7. The summed E-state index contributed by atoms with van der Waals surface area (Å²) in [6.45, 7) is 51.0. The van der Waals surface area contributed by atoms with Crippen LogP contribution in [0.2, 0.25) is 55.9 Å². The molecule has 34 nitrogen and oxygen atoms in total. The molecule has 0 radical (unpaired) electrons. The molecule has 2 fully saturated rings. The van der Waals surface area contributed by atoms with Crippen molar-refractivity contribution in [3.8, 4) is 61.7 Å². The molecule has 4 aliphatic heterocycles. The maximum atomic E-state index is 12.4. The van der Waals surface area contributed by atoms with Gasteiger partial charge in [0.1, 0.15) is 57.4 Å². The number of rotatable bonds is 35. The van der Waals surface area contributed by atoms with Gasteiger partial charge in [0.05, 0.1) is 63.0 Å². The average molecular weight is 1950 g/mol. The van der Waals surface area contributed by atoms with Gasteiger partial charge >= 0.3 is 52.6 Å². The number of aromatic amines is 1. The van der Waals surface area contributed by atoms with Gasteiger partial charge in [0, 0.05) is 84.2 Å². The van der Waals surface area contributed by atoms with E-state index in [1.165, 1.54) is 59.1 Å². The molecule has 0 saturated carbocycles. The summed E-state index contributed by atoms with van der Waals surface area (Å²) in [5.74, 6) is 8.29. The number of imide groups is 1. The maximum absolute atomic E-state index is 12.4. The zero-order valence-corrected chi connectivity index (χ0v) is 87.7. The summed E-state index contributed by atoms with van der Waals surface area (Å²) in [5, 5.41) is 22.4. The van der Waals surface area contributed by atoms with Crippen LogP contribution >= 0.6 is 0 Å². The van der Waals surface area contributed by atoms with E-state index in [0.29, 0.717) is 36.8 Å². The summed E-state index contributed by atoms with van der Waals surface area (Å²) in [4.78, 5) is 114. The topological polar surface area (TPSA) is 419 Å². The minimum atomic E-state index is -2.13. The van der Waals surface area contributed by atoms with Crippen LogP contribution in [0.15, 0.2) is 45.8 Å². The number of nitrogens with one attached hydrogen (secondary N) is 2. The molecule has 2 saturated heterocycles. The molecule has 2 aromatic heterocycles. The summed E-state index contributed by atoms with van der Waals surface area (Å²) in [7, 11) is 0.259. The molecular weight excluding hydrogens is 1800 g/mol. The van der Waals surface area contributed by atoms with Crippen LogP contribution in [-0.4, -0.2) is 272 Å². The van der Waals surface area contributed by atoms with Crippen LogP contribution in [0, 0.1) is 88.9 Å². The number of hydrogen-bond acceptors (Lipinski definition) is 31. The van der Waals surface area contributed by atoms with Gasteiger partial charge in [0.25, 0.3) is 11.5 Å². The van der Waals surface area contributed by atoms with Gasteiger partial charge in [-0.1, -0.05) is 85.1 Å². The number of H-pyrrole nitrogens is 1. The van der Waals surface area contributed by atoms with Crippen molar-refractivity contribution >= 4 is 89.5 Å². The second kappa shape index (κ2) is 60.9. The van der Waals surface area contributed by atoms with Crippen LogP contribution in [-0.2, 0) is 113 Å². The van der Waals surface area contributed by atoms with Crippen LogP contribution in [0.4, 0.5) is 0 Å². The molecule has 0 bridgehead atoms. The van der Waals surface area contributed by atoms with E-state index in [-0.39, 0.29) is 164 Å². The molecule has 2 aromatic rings. The molecular formula is C90H144BrMgN5O29Si3. The molecule has 129 heavy (non-hydrogen) atoms. The normalized spacial score (nSPS) is 21.1. The molecule has 6 unspecified atom stereocenters. The van der Waals surface area contributed by atoms with E-state index >= 15 is 0 Å². The van der Waals surface area contributed by atoms with Crippen molar-refractivity contribution in [2.45, 2.75) is 317 Å². The van der Waals surface area contributed by atoms with Crippen molar-refractivity contribution in [2.24, 2.45) is 5.92 Å². The molecule has 4 aliphatic rings. The first kappa shape index (κ1) is 128. The van der Waals surface area contributed by atoms with Gasteiger partial charge in [0.2, 0.25) is 26.4 Å². The Balaban J connectivity index is -0.000000716. The van der Waals surface area contributed by atoms with E-state index in [1.54, 1.807) is 59.9 Å². The molecule has 6 rings (SSSR count). The van der Waals surface area contributed by atoms with Crippen molar-refractivity contribution in [2.75, 3.05) is 75.4 Å². The van der Waals surface area contributed by atoms with E-state index in [2.05, 4.69) is 142 Å². The monoisotopic (exact) mass is 1950 g/mol. The van der Waals surface area contributed by atoms with Crippen molar-refractivity contribution in [3.63, 3.8) is 0 Å². The second-order valence-corrected chi connectivity index (χ2v) is 48.5. The SMILES string of the molecule is C#C[C@@]1(CO)C=C[C@H](n2cc(C)c(=O)[nH]c2=O)O1.C#C[C@](O)(CO[Si](C)(C)C(C)(C)C)[C@@H](CC(=O)OC(C)C)OCOC.C#C[C@]1(CC)OC(C2C=C(C)C(=O)NC2=O)CC1OCOC.C#C[C@]1(CC)OC(OC(C)=O)CC1OCOC.CC(=O)OC(C)C.COCOC(CC(=O)OC(C)C)C(=O)CO[Si](C)(C)C(C)(C)C.Cc1ncc(C)c(O[Si](C)(C)C)n1.[Br-].[C-]#C.[Mg+2]. The summed E-state index contributed by atoms with van der Waals surface area (Å²) in [6, 6.07) is 0. The minimum Gasteiger partial charge on any atom is -1.00 e. The number of aliphatic hydroxyl groups is 2. The third kappa shape index (κ3) is 45.4. The second-order valence-electron chi connectivity index (χ2n) is 34.4. The van der Waals surface area contributed by atoms with Gasteiger partial charge in [-0.05, 0) is 150 Å². The number of methoxy groups -OCH3 is 4. The number of nitrogens with zero attached hydrogens (tertiary/aromatic N) is 3. The molecule has 6 heterocycles. The Bertz CT molecular complexity index is 4190. The first-order valence-corrected chi connectivity index (χ1v) is 50.6. The number of halogens is 1. The number of amides is 2. The van der Waals surface area contributed by atoms with Gasteiger partial charge in [-0.25, -0.2) is 9.78 Å². The van der Waals surface area contributed by atoms with E-state index in [1.807, 2.05) is 41.5 Å². The molecule has 39 heteroatoms. The molecule has 2 amide bonds. The summed E-state index contributed by atoms with van der Waals surface area (Å²) in [5.41, 5.74) is -3.85. The van der Waals surface area contributed by atoms with Gasteiger partial charge in [0.15, 0.2) is 51.1 Å². The minimum absolute atomic E-state index is 0. The van der Waals surface area contributed by atoms with Crippen LogP contribution in [0.5, 0.6) is 5.88 Å². The molecule has 724 valence electrons. The summed E-state index contributed by atoms with van der Waals surface area (Å²) < 4.78 is 97.3. The van der Waals surface area contributed by atoms with E-state index in [0.717, 1.165) is 17.3 Å². The number of aliphatic hydroxyl groups excluding tert-OH is 1. The van der Waals surface area contributed by atoms with Crippen molar-refractivity contribution < 1.29 is 145 Å². The molecule has 0 aromatic carbocycles. The number of ether oxygens (including phenoxy) is 15. The van der Waals surface area contributed by atoms with Crippen molar-refractivity contribution in [1.82, 2.24) is 24.8 Å². The Kier molecular flexibility index (Phi) is 60.4. The summed E-state index contributed by atoms with van der Waals surface area (Å²) in [6.07, 6.45) is 35.7. The van der Waals surface area contributed by atoms with Gasteiger partial charge < -0.3 is 124 Å². The van der Waals surface area contributed by atoms with E-state index < -0.39 is 113 Å². The van der Waals surface area contributed by atoms with Crippen molar-refractivity contribution in [1.29, 1.82) is 0 Å². The fraction of sp³-hybridized carbons (Fsp3) is 0.678. The predicted octanol–water partition coefficient (Wildman–Crippen LogP) is 6.83. The fourth-order valence-electron chi connectivity index (χ4n) is 10.8. The van der Waals surface area contributed by atoms with Crippen molar-refractivity contribution in [3.05, 3.63) is 80.4 Å². The van der Waals surface area contributed by atoms with Gasteiger partial charge in [-0.2, -0.15) is 4.98 Å². The molecule has 12 atom stereocenters. The zero-order chi connectivity index (χ0) is 98.6. The largest absolute Gasteiger partial charge is 2.00 e. The number of esters is 4. The number of Topliss-reactive ketones (excluding diaryl/α,β-unsaturated/α-hetero) is 1. The number of hydrogen-bond donors (Lipinski definition) is 4. The zero-order valence-electron chi connectivity index (χ0n) is 81.7. The number of aryl methyl sites for hydroxylation is 3. The first-order valence-electron chi connectivity index (χ1n) is 41.3. The van der Waals surface area contributed by atoms with Crippen LogP contribution in [0.3, 0.4) is 0 Å². The molecule has 4 N–H and O–H groups in total.